The predicted octanol–water partition coefficient (Wildman–Crippen LogP) is 2.34. The zero-order chi connectivity index (χ0) is 13.7. The third kappa shape index (κ3) is 9.44. The summed E-state index contributed by atoms with van der Waals surface area (Å²) in [6, 6.07) is -0.481. The minimum absolute atomic E-state index is 0.309. The Morgan fingerprint density at radius 1 is 1.18 bits per heavy atom. The zero-order valence-electron chi connectivity index (χ0n) is 11.7. The minimum atomic E-state index is -0.491. The first kappa shape index (κ1) is 16.7. The molecule has 0 bridgehead atoms. The van der Waals surface area contributed by atoms with Gasteiger partial charge in [-0.3, -0.25) is 9.63 Å². The Morgan fingerprint density at radius 3 is 2.06 bits per heavy atom. The van der Waals surface area contributed by atoms with Crippen molar-refractivity contribution < 1.29 is 14.4 Å². The lowest BCUT2D eigenvalue weighted by Gasteiger charge is -2.27. The number of nitrogens with one attached hydrogen (secondary N) is 1. The van der Waals surface area contributed by atoms with E-state index in [1.54, 1.807) is 0 Å². The van der Waals surface area contributed by atoms with Crippen molar-refractivity contribution in [2.45, 2.75) is 65.2 Å². The first-order valence-electron chi connectivity index (χ1n) is 5.82. The average molecular weight is 263 g/mol. The number of hydrogen-bond donors (Lipinski definition) is 2. The van der Waals surface area contributed by atoms with Crippen molar-refractivity contribution in [3.63, 3.8) is 0 Å². The third-order valence-electron chi connectivity index (χ3n) is 1.62. The minimum Gasteiger partial charge on any atom is -0.459 e. The summed E-state index contributed by atoms with van der Waals surface area (Å²) in [4.78, 5) is 17.3. The average Bonchev–Trinajstić information content (AvgIpc) is 2.07. The van der Waals surface area contributed by atoms with Crippen molar-refractivity contribution in [2.75, 3.05) is 5.75 Å². The van der Waals surface area contributed by atoms with Crippen LogP contribution in [0.25, 0.3) is 0 Å². The van der Waals surface area contributed by atoms with Gasteiger partial charge < -0.3 is 4.74 Å². The van der Waals surface area contributed by atoms with Crippen LogP contribution >= 0.6 is 12.6 Å². The second kappa shape index (κ2) is 6.61. The maximum atomic E-state index is 11.9. The number of esters is 1. The number of carbonyl (C=O) groups excluding carboxylic acids is 1. The SMILES string of the molecule is CC(C)(C)ONC(CCS)C(=O)OC(C)(C)C. The number of carbonyl (C=O) groups is 1. The molecule has 0 rings (SSSR count). The fraction of sp³-hybridized carbons (Fsp3) is 0.917. The van der Waals surface area contributed by atoms with Gasteiger partial charge in [0.2, 0.25) is 0 Å². The maximum absolute atomic E-state index is 11.9. The molecule has 17 heavy (non-hydrogen) atoms. The quantitative estimate of drug-likeness (QED) is 0.454. The summed E-state index contributed by atoms with van der Waals surface area (Å²) >= 11 is 4.13. The number of ether oxygens (including phenoxy) is 1. The molecular formula is C12H25NO3S. The van der Waals surface area contributed by atoms with E-state index >= 15 is 0 Å². The molecule has 0 spiro atoms. The molecule has 102 valence electrons. The summed E-state index contributed by atoms with van der Waals surface area (Å²) in [7, 11) is 0. The molecule has 5 heteroatoms. The molecule has 0 aliphatic heterocycles. The van der Waals surface area contributed by atoms with Crippen LogP contribution in [0.4, 0.5) is 0 Å². The molecule has 0 aromatic heterocycles. The van der Waals surface area contributed by atoms with E-state index in [1.165, 1.54) is 0 Å². The van der Waals surface area contributed by atoms with Crippen LogP contribution in [0.5, 0.6) is 0 Å². The Labute approximate surface area is 110 Å². The summed E-state index contributed by atoms with van der Waals surface area (Å²) in [5, 5.41) is 0. The number of rotatable bonds is 5. The monoisotopic (exact) mass is 263 g/mol. The molecule has 0 aliphatic rings. The molecular weight excluding hydrogens is 238 g/mol. The summed E-state index contributed by atoms with van der Waals surface area (Å²) in [5.74, 6) is 0.278. The molecule has 1 atom stereocenters. The van der Waals surface area contributed by atoms with Gasteiger partial charge in [-0.05, 0) is 53.7 Å². The van der Waals surface area contributed by atoms with E-state index in [0.29, 0.717) is 12.2 Å². The lowest BCUT2D eigenvalue weighted by molar-refractivity contribution is -0.167. The topological polar surface area (TPSA) is 47.6 Å². The fourth-order valence-electron chi connectivity index (χ4n) is 0.975. The van der Waals surface area contributed by atoms with Crippen LogP contribution in [0.15, 0.2) is 0 Å². The summed E-state index contributed by atoms with van der Waals surface area (Å²) in [6.07, 6.45) is 0.564. The highest BCUT2D eigenvalue weighted by Crippen LogP contribution is 2.11. The lowest BCUT2D eigenvalue weighted by atomic mass is 10.1. The van der Waals surface area contributed by atoms with Gasteiger partial charge in [0.25, 0.3) is 0 Å². The van der Waals surface area contributed by atoms with Crippen molar-refractivity contribution in [3.8, 4) is 0 Å². The van der Waals surface area contributed by atoms with Crippen molar-refractivity contribution in [3.05, 3.63) is 0 Å². The largest absolute Gasteiger partial charge is 0.459 e. The van der Waals surface area contributed by atoms with E-state index in [9.17, 15) is 4.79 Å². The van der Waals surface area contributed by atoms with Gasteiger partial charge in [-0.2, -0.15) is 18.1 Å². The number of hydrogen-bond acceptors (Lipinski definition) is 5. The van der Waals surface area contributed by atoms with Crippen LogP contribution in [0.2, 0.25) is 0 Å². The van der Waals surface area contributed by atoms with Gasteiger partial charge in [0, 0.05) is 0 Å². The normalized spacial score (nSPS) is 14.5. The molecule has 1 N–H and O–H groups in total. The van der Waals surface area contributed by atoms with E-state index in [0.717, 1.165) is 0 Å². The Bertz CT molecular complexity index is 243. The second-order valence-electron chi connectivity index (χ2n) is 5.93. The first-order valence-corrected chi connectivity index (χ1v) is 6.45. The standard InChI is InChI=1S/C12H25NO3S/c1-11(2,3)15-10(14)9(7-8-17)13-16-12(4,5)6/h9,13,17H,7-8H2,1-6H3. The van der Waals surface area contributed by atoms with Crippen LogP contribution < -0.4 is 5.48 Å². The van der Waals surface area contributed by atoms with E-state index in [1.807, 2.05) is 41.5 Å². The van der Waals surface area contributed by atoms with E-state index in [-0.39, 0.29) is 11.6 Å². The molecule has 0 saturated heterocycles. The molecule has 0 heterocycles. The van der Waals surface area contributed by atoms with E-state index in [2.05, 4.69) is 18.1 Å². The Morgan fingerprint density at radius 2 is 1.71 bits per heavy atom. The molecule has 0 fully saturated rings. The summed E-state index contributed by atoms with van der Waals surface area (Å²) < 4.78 is 5.30. The Balaban J connectivity index is 4.36. The highest BCUT2D eigenvalue weighted by atomic mass is 32.1. The van der Waals surface area contributed by atoms with Gasteiger partial charge in [-0.15, -0.1) is 0 Å². The van der Waals surface area contributed by atoms with Gasteiger partial charge in [0.15, 0.2) is 0 Å². The molecule has 0 aromatic carbocycles. The second-order valence-corrected chi connectivity index (χ2v) is 6.38. The van der Waals surface area contributed by atoms with Crippen molar-refractivity contribution >= 4 is 18.6 Å². The van der Waals surface area contributed by atoms with Crippen molar-refractivity contribution in [2.24, 2.45) is 0 Å². The first-order chi connectivity index (χ1) is 7.55. The van der Waals surface area contributed by atoms with E-state index < -0.39 is 11.6 Å². The van der Waals surface area contributed by atoms with Crippen LogP contribution in [-0.4, -0.2) is 29.0 Å². The number of thiol groups is 1. The zero-order valence-corrected chi connectivity index (χ0v) is 12.6. The molecule has 4 nitrogen and oxygen atoms in total. The molecule has 0 radical (unpaired) electrons. The molecule has 0 amide bonds. The van der Waals surface area contributed by atoms with E-state index in [4.69, 9.17) is 9.57 Å². The maximum Gasteiger partial charge on any atom is 0.326 e. The Kier molecular flexibility index (Phi) is 6.51. The Hall–Kier alpha value is -0.260. The lowest BCUT2D eigenvalue weighted by Crippen LogP contribution is -2.44. The highest BCUT2D eigenvalue weighted by molar-refractivity contribution is 7.80. The molecule has 0 aromatic rings. The smallest absolute Gasteiger partial charge is 0.326 e. The summed E-state index contributed by atoms with van der Waals surface area (Å²) in [6.45, 7) is 11.3. The van der Waals surface area contributed by atoms with Gasteiger partial charge in [0.1, 0.15) is 11.6 Å². The molecule has 1 unspecified atom stereocenters. The van der Waals surface area contributed by atoms with Crippen LogP contribution in [0.3, 0.4) is 0 Å². The molecule has 0 saturated carbocycles. The van der Waals surface area contributed by atoms with Gasteiger partial charge >= 0.3 is 5.97 Å². The fourth-order valence-corrected chi connectivity index (χ4v) is 1.23. The van der Waals surface area contributed by atoms with Crippen LogP contribution in [-0.2, 0) is 14.4 Å². The van der Waals surface area contributed by atoms with Gasteiger partial charge in [-0.1, -0.05) is 0 Å². The van der Waals surface area contributed by atoms with Gasteiger partial charge in [-0.25, -0.2) is 0 Å². The van der Waals surface area contributed by atoms with Crippen molar-refractivity contribution in [1.29, 1.82) is 0 Å². The van der Waals surface area contributed by atoms with Gasteiger partial charge in [0.05, 0.1) is 5.60 Å². The highest BCUT2D eigenvalue weighted by Gasteiger charge is 2.26. The van der Waals surface area contributed by atoms with Crippen LogP contribution in [0, 0.1) is 0 Å². The summed E-state index contributed by atoms with van der Waals surface area (Å²) in [5.41, 5.74) is 1.92. The predicted molar refractivity (Wildman–Crippen MR) is 72.1 cm³/mol. The van der Waals surface area contributed by atoms with Crippen molar-refractivity contribution in [1.82, 2.24) is 5.48 Å². The number of hydroxylamine groups is 1. The molecule has 0 aliphatic carbocycles. The third-order valence-corrected chi connectivity index (χ3v) is 1.87. The van der Waals surface area contributed by atoms with Crippen LogP contribution in [0.1, 0.15) is 48.0 Å².